The summed E-state index contributed by atoms with van der Waals surface area (Å²) in [6.45, 7) is 3.83. The van der Waals surface area contributed by atoms with Gasteiger partial charge in [0, 0.05) is 18.8 Å². The van der Waals surface area contributed by atoms with Gasteiger partial charge < -0.3 is 5.73 Å². The van der Waals surface area contributed by atoms with E-state index in [0.717, 1.165) is 11.6 Å². The molecule has 0 fully saturated rings. The molecule has 23 heavy (non-hydrogen) atoms. The lowest BCUT2D eigenvalue weighted by atomic mass is 10.3. The Morgan fingerprint density at radius 3 is 2.65 bits per heavy atom. The first-order chi connectivity index (χ1) is 10.3. The summed E-state index contributed by atoms with van der Waals surface area (Å²) in [6.07, 6.45) is 3.76. The zero-order valence-electron chi connectivity index (χ0n) is 12.9. The molecule has 3 N–H and O–H groups in total. The SMILES string of the molecule is Cc1cnn(-c2ccc(S(=O)(=O)NCCC(C)N)cc2F)c1.Cl. The lowest BCUT2D eigenvalue weighted by Gasteiger charge is -2.10. The smallest absolute Gasteiger partial charge is 0.240 e. The minimum atomic E-state index is -3.75. The van der Waals surface area contributed by atoms with Gasteiger partial charge in [0.25, 0.3) is 0 Å². The highest BCUT2D eigenvalue weighted by atomic mass is 35.5. The number of hydrogen-bond donors (Lipinski definition) is 2. The molecule has 0 radical (unpaired) electrons. The summed E-state index contributed by atoms with van der Waals surface area (Å²) in [5.74, 6) is -0.654. The van der Waals surface area contributed by atoms with E-state index in [1.165, 1.54) is 16.8 Å². The van der Waals surface area contributed by atoms with Crippen LogP contribution in [0.15, 0.2) is 35.5 Å². The monoisotopic (exact) mass is 362 g/mol. The van der Waals surface area contributed by atoms with Crippen LogP contribution in [-0.2, 0) is 10.0 Å². The number of hydrogen-bond acceptors (Lipinski definition) is 4. The Hall–Kier alpha value is -1.48. The van der Waals surface area contributed by atoms with Gasteiger partial charge >= 0.3 is 0 Å². The molecule has 1 aromatic heterocycles. The van der Waals surface area contributed by atoms with E-state index < -0.39 is 15.8 Å². The molecule has 0 bridgehead atoms. The van der Waals surface area contributed by atoms with Gasteiger partial charge in [-0.05, 0) is 44.0 Å². The van der Waals surface area contributed by atoms with Gasteiger partial charge in [-0.2, -0.15) is 5.10 Å². The molecule has 1 atom stereocenters. The molecule has 1 heterocycles. The first kappa shape index (κ1) is 19.6. The molecule has 2 aromatic rings. The van der Waals surface area contributed by atoms with Gasteiger partial charge in [-0.25, -0.2) is 22.2 Å². The van der Waals surface area contributed by atoms with Crippen molar-refractivity contribution < 1.29 is 12.8 Å². The van der Waals surface area contributed by atoms with Crippen molar-refractivity contribution >= 4 is 22.4 Å². The molecule has 128 valence electrons. The third-order valence-electron chi connectivity index (χ3n) is 3.08. The lowest BCUT2D eigenvalue weighted by Crippen LogP contribution is -2.29. The standard InChI is InChI=1S/C14H19FN4O2S.ClH/c1-10-8-17-19(9-10)14-4-3-12(7-13(14)15)22(20,21)18-6-5-11(2)16;/h3-4,7-9,11,18H,5-6,16H2,1-2H3;1H. The highest BCUT2D eigenvalue weighted by Gasteiger charge is 2.17. The fourth-order valence-electron chi connectivity index (χ4n) is 1.89. The Bertz CT molecular complexity index is 762. The molecule has 1 aromatic carbocycles. The van der Waals surface area contributed by atoms with E-state index in [2.05, 4.69) is 9.82 Å². The van der Waals surface area contributed by atoms with Gasteiger partial charge in [-0.1, -0.05) is 0 Å². The van der Waals surface area contributed by atoms with E-state index in [1.54, 1.807) is 19.3 Å². The van der Waals surface area contributed by atoms with Crippen molar-refractivity contribution in [2.75, 3.05) is 6.54 Å². The molecular formula is C14H20ClFN4O2S. The number of rotatable bonds is 6. The van der Waals surface area contributed by atoms with E-state index in [1.807, 2.05) is 6.92 Å². The molecule has 0 aliphatic rings. The van der Waals surface area contributed by atoms with Crippen LogP contribution < -0.4 is 10.5 Å². The van der Waals surface area contributed by atoms with Crippen molar-refractivity contribution in [1.82, 2.24) is 14.5 Å². The molecule has 0 aliphatic carbocycles. The molecule has 0 aliphatic heterocycles. The highest BCUT2D eigenvalue weighted by molar-refractivity contribution is 7.89. The Balaban J connectivity index is 0.00000264. The number of sulfonamides is 1. The number of halogens is 2. The van der Waals surface area contributed by atoms with E-state index in [-0.39, 0.29) is 35.6 Å². The molecule has 0 saturated heterocycles. The Morgan fingerprint density at radius 2 is 2.13 bits per heavy atom. The predicted molar refractivity (Wildman–Crippen MR) is 89.0 cm³/mol. The van der Waals surface area contributed by atoms with Gasteiger partial charge in [0.15, 0.2) is 0 Å². The number of aryl methyl sites for hydroxylation is 1. The predicted octanol–water partition coefficient (Wildman–Crippen LogP) is 1.76. The molecule has 0 saturated carbocycles. The van der Waals surface area contributed by atoms with Crippen molar-refractivity contribution in [3.05, 3.63) is 42.0 Å². The van der Waals surface area contributed by atoms with Crippen LogP contribution >= 0.6 is 12.4 Å². The molecule has 6 nitrogen and oxygen atoms in total. The molecule has 1 unspecified atom stereocenters. The minimum absolute atomic E-state index is 0. The number of nitrogens with two attached hydrogens (primary N) is 1. The summed E-state index contributed by atoms with van der Waals surface area (Å²) in [5.41, 5.74) is 6.65. The van der Waals surface area contributed by atoms with Crippen molar-refractivity contribution in [3.63, 3.8) is 0 Å². The third-order valence-corrected chi connectivity index (χ3v) is 4.54. The van der Waals surface area contributed by atoms with E-state index in [0.29, 0.717) is 6.42 Å². The highest BCUT2D eigenvalue weighted by Crippen LogP contribution is 2.18. The number of nitrogens with one attached hydrogen (secondary N) is 1. The topological polar surface area (TPSA) is 90.0 Å². The number of benzene rings is 1. The lowest BCUT2D eigenvalue weighted by molar-refractivity contribution is 0.567. The van der Waals surface area contributed by atoms with Crippen LogP contribution in [0.25, 0.3) is 5.69 Å². The van der Waals surface area contributed by atoms with Crippen LogP contribution in [0.2, 0.25) is 0 Å². The van der Waals surface area contributed by atoms with Gasteiger partial charge in [-0.15, -0.1) is 12.4 Å². The summed E-state index contributed by atoms with van der Waals surface area (Å²) in [4.78, 5) is -0.123. The second kappa shape index (κ2) is 7.87. The van der Waals surface area contributed by atoms with E-state index >= 15 is 0 Å². The summed E-state index contributed by atoms with van der Waals surface area (Å²) in [6, 6.07) is 3.62. The maximum Gasteiger partial charge on any atom is 0.240 e. The number of aromatic nitrogens is 2. The fourth-order valence-corrected chi connectivity index (χ4v) is 2.95. The quantitative estimate of drug-likeness (QED) is 0.819. The van der Waals surface area contributed by atoms with E-state index in [4.69, 9.17) is 5.73 Å². The molecule has 9 heteroatoms. The first-order valence-electron chi connectivity index (χ1n) is 6.86. The van der Waals surface area contributed by atoms with Crippen LogP contribution in [-0.4, -0.2) is 30.8 Å². The van der Waals surface area contributed by atoms with Crippen molar-refractivity contribution in [2.24, 2.45) is 5.73 Å². The molecular weight excluding hydrogens is 343 g/mol. The Labute approximate surface area is 141 Å². The summed E-state index contributed by atoms with van der Waals surface area (Å²) in [5, 5.41) is 4.01. The van der Waals surface area contributed by atoms with Gasteiger partial charge in [0.2, 0.25) is 10.0 Å². The van der Waals surface area contributed by atoms with Gasteiger partial charge in [-0.3, -0.25) is 0 Å². The second-order valence-electron chi connectivity index (χ2n) is 5.24. The van der Waals surface area contributed by atoms with Gasteiger partial charge in [0.1, 0.15) is 11.5 Å². The van der Waals surface area contributed by atoms with Gasteiger partial charge in [0.05, 0.1) is 11.1 Å². The van der Waals surface area contributed by atoms with Crippen LogP contribution in [0, 0.1) is 12.7 Å². The summed E-state index contributed by atoms with van der Waals surface area (Å²) >= 11 is 0. The minimum Gasteiger partial charge on any atom is -0.328 e. The maximum absolute atomic E-state index is 14.2. The number of nitrogens with zero attached hydrogens (tertiary/aromatic N) is 2. The van der Waals surface area contributed by atoms with Crippen LogP contribution in [0.5, 0.6) is 0 Å². The fraction of sp³-hybridized carbons (Fsp3) is 0.357. The zero-order valence-corrected chi connectivity index (χ0v) is 14.5. The zero-order chi connectivity index (χ0) is 16.3. The first-order valence-corrected chi connectivity index (χ1v) is 8.34. The average Bonchev–Trinajstić information content (AvgIpc) is 2.84. The summed E-state index contributed by atoms with van der Waals surface area (Å²) < 4.78 is 42.1. The molecule has 2 rings (SSSR count). The van der Waals surface area contributed by atoms with Crippen molar-refractivity contribution in [1.29, 1.82) is 0 Å². The average molecular weight is 363 g/mol. The van der Waals surface area contributed by atoms with Crippen LogP contribution in [0.3, 0.4) is 0 Å². The third kappa shape index (κ3) is 5.00. The van der Waals surface area contributed by atoms with Crippen LogP contribution in [0.4, 0.5) is 4.39 Å². The Morgan fingerprint density at radius 1 is 1.43 bits per heavy atom. The second-order valence-corrected chi connectivity index (χ2v) is 7.01. The normalized spacial score (nSPS) is 12.7. The Kier molecular flexibility index (Phi) is 6.69. The molecule has 0 amide bonds. The maximum atomic E-state index is 14.2. The van der Waals surface area contributed by atoms with E-state index in [9.17, 15) is 12.8 Å². The van der Waals surface area contributed by atoms with Crippen molar-refractivity contribution in [2.45, 2.75) is 31.2 Å². The molecule has 0 spiro atoms. The largest absolute Gasteiger partial charge is 0.328 e. The van der Waals surface area contributed by atoms with Crippen LogP contribution in [0.1, 0.15) is 18.9 Å². The summed E-state index contributed by atoms with van der Waals surface area (Å²) in [7, 11) is -3.75. The van der Waals surface area contributed by atoms with Crippen molar-refractivity contribution in [3.8, 4) is 5.69 Å².